The number of aromatic amines is 1. The maximum absolute atomic E-state index is 12.3. The van der Waals surface area contributed by atoms with Gasteiger partial charge in [-0.15, -0.1) is 0 Å². The first kappa shape index (κ1) is 15.7. The van der Waals surface area contributed by atoms with E-state index in [1.54, 1.807) is 26.2 Å². The van der Waals surface area contributed by atoms with Crippen LogP contribution in [0.15, 0.2) is 21.7 Å². The molecular formula is C13H19N3O4S. The standard InChI is InChI=1S/C13H19N3O4S/c1-9-11(8-17)13(10(2)20-9)21(18,19)16-5-3-4-12-14-6-7-15-12/h6-7,16-17H,3-5,8H2,1-2H3,(H,14,15). The molecule has 0 fully saturated rings. The van der Waals surface area contributed by atoms with Gasteiger partial charge in [0.05, 0.1) is 6.61 Å². The van der Waals surface area contributed by atoms with Crippen molar-refractivity contribution in [2.75, 3.05) is 6.54 Å². The Morgan fingerprint density at radius 3 is 2.76 bits per heavy atom. The molecule has 21 heavy (non-hydrogen) atoms. The van der Waals surface area contributed by atoms with Crippen LogP contribution in [0.1, 0.15) is 29.3 Å². The molecule has 2 aromatic rings. The van der Waals surface area contributed by atoms with Crippen LogP contribution >= 0.6 is 0 Å². The van der Waals surface area contributed by atoms with Crippen molar-refractivity contribution in [3.05, 3.63) is 35.3 Å². The van der Waals surface area contributed by atoms with Crippen LogP contribution in [-0.4, -0.2) is 30.0 Å². The number of imidazole rings is 1. The van der Waals surface area contributed by atoms with Crippen LogP contribution in [0.2, 0.25) is 0 Å². The lowest BCUT2D eigenvalue weighted by Gasteiger charge is -2.07. The van der Waals surface area contributed by atoms with Crippen molar-refractivity contribution in [3.8, 4) is 0 Å². The fourth-order valence-corrected chi connectivity index (χ4v) is 3.72. The van der Waals surface area contributed by atoms with Crippen molar-refractivity contribution in [1.29, 1.82) is 0 Å². The minimum absolute atomic E-state index is 0.0421. The lowest BCUT2D eigenvalue weighted by atomic mass is 10.2. The molecule has 0 unspecified atom stereocenters. The largest absolute Gasteiger partial charge is 0.465 e. The Hall–Kier alpha value is -1.64. The summed E-state index contributed by atoms with van der Waals surface area (Å²) in [5.41, 5.74) is 0.311. The second-order valence-corrected chi connectivity index (χ2v) is 6.42. The average Bonchev–Trinajstić information content (AvgIpc) is 3.02. The van der Waals surface area contributed by atoms with Gasteiger partial charge in [-0.3, -0.25) is 0 Å². The Morgan fingerprint density at radius 1 is 1.38 bits per heavy atom. The molecule has 2 rings (SSSR count). The van der Waals surface area contributed by atoms with E-state index in [0.29, 0.717) is 24.2 Å². The lowest BCUT2D eigenvalue weighted by Crippen LogP contribution is -2.26. The van der Waals surface area contributed by atoms with Gasteiger partial charge in [0.15, 0.2) is 0 Å². The van der Waals surface area contributed by atoms with E-state index >= 15 is 0 Å². The Balaban J connectivity index is 2.02. The van der Waals surface area contributed by atoms with Crippen LogP contribution in [0.3, 0.4) is 0 Å². The predicted octanol–water partition coefficient (Wildman–Crippen LogP) is 1.02. The lowest BCUT2D eigenvalue weighted by molar-refractivity contribution is 0.276. The van der Waals surface area contributed by atoms with Crippen LogP contribution in [0.25, 0.3) is 0 Å². The molecule has 0 aliphatic rings. The molecule has 0 saturated heterocycles. The number of aliphatic hydroxyl groups excluding tert-OH is 1. The minimum atomic E-state index is -3.69. The van der Waals surface area contributed by atoms with Crippen molar-refractivity contribution >= 4 is 10.0 Å². The number of nitrogens with zero attached hydrogens (tertiary/aromatic N) is 1. The second-order valence-electron chi connectivity index (χ2n) is 4.72. The molecule has 0 aromatic carbocycles. The smallest absolute Gasteiger partial charge is 0.244 e. The number of hydrogen-bond donors (Lipinski definition) is 3. The molecule has 116 valence electrons. The second kappa shape index (κ2) is 6.42. The molecular weight excluding hydrogens is 294 g/mol. The number of aromatic nitrogens is 2. The number of nitrogens with one attached hydrogen (secondary N) is 2. The maximum Gasteiger partial charge on any atom is 0.244 e. The highest BCUT2D eigenvalue weighted by Gasteiger charge is 2.25. The van der Waals surface area contributed by atoms with Crippen LogP contribution in [0.4, 0.5) is 0 Å². The summed E-state index contributed by atoms with van der Waals surface area (Å²) < 4.78 is 32.4. The van der Waals surface area contributed by atoms with Crippen molar-refractivity contribution in [2.24, 2.45) is 0 Å². The van der Waals surface area contributed by atoms with E-state index < -0.39 is 10.0 Å². The maximum atomic E-state index is 12.3. The third kappa shape index (κ3) is 3.52. The number of sulfonamides is 1. The Kier molecular flexibility index (Phi) is 4.81. The number of aryl methyl sites for hydroxylation is 3. The monoisotopic (exact) mass is 313 g/mol. The zero-order chi connectivity index (χ0) is 15.5. The van der Waals surface area contributed by atoms with Crippen LogP contribution < -0.4 is 4.72 Å². The fourth-order valence-electron chi connectivity index (χ4n) is 2.21. The molecule has 3 N–H and O–H groups in total. The van der Waals surface area contributed by atoms with E-state index in [0.717, 1.165) is 5.82 Å². The third-order valence-electron chi connectivity index (χ3n) is 3.19. The van der Waals surface area contributed by atoms with Gasteiger partial charge in [0.25, 0.3) is 0 Å². The summed E-state index contributed by atoms with van der Waals surface area (Å²) >= 11 is 0. The Bertz CT molecular complexity index is 689. The van der Waals surface area contributed by atoms with E-state index in [1.807, 2.05) is 0 Å². The number of H-pyrrole nitrogens is 1. The highest BCUT2D eigenvalue weighted by Crippen LogP contribution is 2.26. The van der Waals surface area contributed by atoms with Gasteiger partial charge in [-0.1, -0.05) is 0 Å². The zero-order valence-electron chi connectivity index (χ0n) is 12.0. The molecule has 2 aromatic heterocycles. The van der Waals surface area contributed by atoms with Gasteiger partial charge in [0, 0.05) is 30.9 Å². The molecule has 0 saturated carbocycles. The topological polar surface area (TPSA) is 108 Å². The van der Waals surface area contributed by atoms with Gasteiger partial charge in [-0.25, -0.2) is 18.1 Å². The molecule has 0 aliphatic carbocycles. The van der Waals surface area contributed by atoms with Crippen molar-refractivity contribution < 1.29 is 17.9 Å². The van der Waals surface area contributed by atoms with E-state index in [-0.39, 0.29) is 23.8 Å². The number of hydrogen-bond acceptors (Lipinski definition) is 5. The number of aliphatic hydroxyl groups is 1. The predicted molar refractivity (Wildman–Crippen MR) is 76.2 cm³/mol. The first-order chi connectivity index (χ1) is 9.95. The average molecular weight is 313 g/mol. The van der Waals surface area contributed by atoms with Gasteiger partial charge in [-0.2, -0.15) is 0 Å². The summed E-state index contributed by atoms with van der Waals surface area (Å²) in [7, 11) is -3.69. The fraction of sp³-hybridized carbons (Fsp3) is 0.462. The molecule has 0 radical (unpaired) electrons. The van der Waals surface area contributed by atoms with Crippen molar-refractivity contribution in [1.82, 2.24) is 14.7 Å². The van der Waals surface area contributed by atoms with E-state index in [4.69, 9.17) is 4.42 Å². The van der Waals surface area contributed by atoms with E-state index in [1.165, 1.54) is 0 Å². The van der Waals surface area contributed by atoms with Crippen molar-refractivity contribution in [3.63, 3.8) is 0 Å². The van der Waals surface area contributed by atoms with Crippen LogP contribution in [-0.2, 0) is 23.1 Å². The molecule has 8 heteroatoms. The normalized spacial score (nSPS) is 12.0. The minimum Gasteiger partial charge on any atom is -0.465 e. The van der Waals surface area contributed by atoms with E-state index in [9.17, 15) is 13.5 Å². The summed E-state index contributed by atoms with van der Waals surface area (Å²) in [6.07, 6.45) is 4.66. The first-order valence-corrected chi connectivity index (χ1v) is 8.11. The molecule has 2 heterocycles. The highest BCUT2D eigenvalue weighted by molar-refractivity contribution is 7.89. The van der Waals surface area contributed by atoms with Crippen LogP contribution in [0, 0.1) is 13.8 Å². The summed E-state index contributed by atoms with van der Waals surface area (Å²) in [6.45, 7) is 3.13. The molecule has 7 nitrogen and oxygen atoms in total. The molecule has 0 aliphatic heterocycles. The van der Waals surface area contributed by atoms with E-state index in [2.05, 4.69) is 14.7 Å². The van der Waals surface area contributed by atoms with Gasteiger partial charge in [0.1, 0.15) is 22.2 Å². The quantitative estimate of drug-likeness (QED) is 0.661. The SMILES string of the molecule is Cc1oc(C)c(S(=O)(=O)NCCCc2ncc[nH]2)c1CO. The number of rotatable bonds is 7. The third-order valence-corrected chi connectivity index (χ3v) is 4.84. The molecule has 0 spiro atoms. The number of furan rings is 1. The molecule has 0 amide bonds. The highest BCUT2D eigenvalue weighted by atomic mass is 32.2. The zero-order valence-corrected chi connectivity index (χ0v) is 12.8. The summed E-state index contributed by atoms with van der Waals surface area (Å²) in [5, 5.41) is 9.31. The first-order valence-electron chi connectivity index (χ1n) is 6.63. The van der Waals surface area contributed by atoms with Gasteiger partial charge < -0.3 is 14.5 Å². The Labute approximate surface area is 123 Å². The summed E-state index contributed by atoms with van der Waals surface area (Å²) in [6, 6.07) is 0. The van der Waals surface area contributed by atoms with Gasteiger partial charge >= 0.3 is 0 Å². The summed E-state index contributed by atoms with van der Waals surface area (Å²) in [5.74, 6) is 1.53. The Morgan fingerprint density at radius 2 is 2.14 bits per heavy atom. The van der Waals surface area contributed by atoms with Crippen molar-refractivity contribution in [2.45, 2.75) is 38.2 Å². The van der Waals surface area contributed by atoms with Crippen LogP contribution in [0.5, 0.6) is 0 Å². The van der Waals surface area contributed by atoms with Gasteiger partial charge in [0.2, 0.25) is 10.0 Å². The summed E-state index contributed by atoms with van der Waals surface area (Å²) in [4.78, 5) is 7.08. The van der Waals surface area contributed by atoms with Gasteiger partial charge in [-0.05, 0) is 20.3 Å². The molecule has 0 atom stereocenters. The molecule has 0 bridgehead atoms.